The Labute approximate surface area is 237 Å². The summed E-state index contributed by atoms with van der Waals surface area (Å²) in [4.78, 5) is 0. The third kappa shape index (κ3) is 19.9. The van der Waals surface area contributed by atoms with Crippen molar-refractivity contribution in [3.05, 3.63) is 35.4 Å². The standard InChI is InChI=1S/C30H54.Ba/c1-3-5-7-9-11-13-15-17-19-21-25-29-27-23-24-28-30(29)26-22-20-18-16-14-12-10-8-6-4-2;/h23-24,27-28H,3-22,25-26H2,1-2H3;. The first-order chi connectivity index (χ1) is 14.9. The molecule has 0 aliphatic carbocycles. The zero-order valence-electron chi connectivity index (χ0n) is 21.6. The van der Waals surface area contributed by atoms with Crippen molar-refractivity contribution in [1.82, 2.24) is 0 Å². The Balaban J connectivity index is 0.00000900. The van der Waals surface area contributed by atoms with Crippen LogP contribution in [0.1, 0.15) is 153 Å². The molecule has 0 saturated heterocycles. The third-order valence-corrected chi connectivity index (χ3v) is 6.72. The average molecular weight is 552 g/mol. The van der Waals surface area contributed by atoms with Crippen molar-refractivity contribution in [2.45, 2.75) is 155 Å². The SMILES string of the molecule is CCCCCCCCCCCCc1ccccc1CCCCCCCCCCCC.[Ba]. The molecule has 31 heavy (non-hydrogen) atoms. The Bertz CT molecular complexity index is 424. The van der Waals surface area contributed by atoms with Crippen LogP contribution in [0.2, 0.25) is 0 Å². The van der Waals surface area contributed by atoms with E-state index < -0.39 is 0 Å². The number of unbranched alkanes of at least 4 members (excludes halogenated alkanes) is 18. The van der Waals surface area contributed by atoms with Crippen LogP contribution in [0.15, 0.2) is 24.3 Å². The molecule has 1 rings (SSSR count). The van der Waals surface area contributed by atoms with E-state index in [1.807, 2.05) is 0 Å². The zero-order chi connectivity index (χ0) is 21.5. The molecule has 0 unspecified atom stereocenters. The van der Waals surface area contributed by atoms with Gasteiger partial charge in [0.15, 0.2) is 0 Å². The van der Waals surface area contributed by atoms with Gasteiger partial charge < -0.3 is 0 Å². The van der Waals surface area contributed by atoms with Crippen LogP contribution in [0.4, 0.5) is 0 Å². The van der Waals surface area contributed by atoms with Crippen molar-refractivity contribution in [1.29, 1.82) is 0 Å². The predicted octanol–water partition coefficient (Wildman–Crippen LogP) is 10.2. The molecule has 0 saturated carbocycles. The first-order valence-corrected chi connectivity index (χ1v) is 13.9. The fourth-order valence-electron chi connectivity index (χ4n) is 4.65. The van der Waals surface area contributed by atoms with Crippen LogP contribution in [0.25, 0.3) is 0 Å². The van der Waals surface area contributed by atoms with Gasteiger partial charge in [-0.05, 0) is 36.8 Å². The molecule has 0 spiro atoms. The molecule has 1 aromatic carbocycles. The van der Waals surface area contributed by atoms with E-state index >= 15 is 0 Å². The molecule has 0 N–H and O–H groups in total. The van der Waals surface area contributed by atoms with Gasteiger partial charge in [-0.25, -0.2) is 0 Å². The minimum Gasteiger partial charge on any atom is -0.0654 e. The van der Waals surface area contributed by atoms with Gasteiger partial charge in [-0.2, -0.15) is 0 Å². The van der Waals surface area contributed by atoms with E-state index in [9.17, 15) is 0 Å². The molecule has 0 fully saturated rings. The molecule has 1 heteroatoms. The topological polar surface area (TPSA) is 0 Å². The Hall–Kier alpha value is 0.791. The molecule has 1 aromatic rings. The molecular weight excluding hydrogens is 498 g/mol. The molecule has 0 amide bonds. The van der Waals surface area contributed by atoms with Crippen molar-refractivity contribution < 1.29 is 0 Å². The first kappa shape index (κ1) is 31.8. The fourth-order valence-corrected chi connectivity index (χ4v) is 4.65. The maximum absolute atomic E-state index is 2.39. The van der Waals surface area contributed by atoms with Crippen LogP contribution in [-0.4, -0.2) is 48.9 Å². The van der Waals surface area contributed by atoms with Crippen LogP contribution >= 0.6 is 0 Å². The fraction of sp³-hybridized carbons (Fsp3) is 0.800. The summed E-state index contributed by atoms with van der Waals surface area (Å²) in [5.74, 6) is 0. The molecule has 0 bridgehead atoms. The van der Waals surface area contributed by atoms with Gasteiger partial charge in [0.2, 0.25) is 0 Å². The van der Waals surface area contributed by atoms with Crippen molar-refractivity contribution in [2.75, 3.05) is 0 Å². The van der Waals surface area contributed by atoms with Gasteiger partial charge in [0.25, 0.3) is 0 Å². The maximum Gasteiger partial charge on any atom is 0 e. The van der Waals surface area contributed by atoms with Gasteiger partial charge in [0.05, 0.1) is 0 Å². The van der Waals surface area contributed by atoms with Crippen molar-refractivity contribution in [3.63, 3.8) is 0 Å². The summed E-state index contributed by atoms with van der Waals surface area (Å²) in [6.07, 6.45) is 31.2. The summed E-state index contributed by atoms with van der Waals surface area (Å²) in [6, 6.07) is 9.26. The minimum atomic E-state index is 0. The van der Waals surface area contributed by atoms with E-state index in [-0.39, 0.29) is 48.9 Å². The molecule has 176 valence electrons. The molecule has 0 aromatic heterocycles. The molecule has 0 atom stereocenters. The molecule has 0 nitrogen and oxygen atoms in total. The number of aryl methyl sites for hydroxylation is 2. The number of hydrogen-bond acceptors (Lipinski definition) is 0. The van der Waals surface area contributed by atoms with Gasteiger partial charge >= 0.3 is 0 Å². The summed E-state index contributed by atoms with van der Waals surface area (Å²) >= 11 is 0. The maximum atomic E-state index is 2.39. The molecule has 0 aliphatic rings. The average Bonchev–Trinajstić information content (AvgIpc) is 2.77. The van der Waals surface area contributed by atoms with Crippen LogP contribution < -0.4 is 0 Å². The summed E-state index contributed by atoms with van der Waals surface area (Å²) in [6.45, 7) is 4.60. The molecule has 0 aliphatic heterocycles. The summed E-state index contributed by atoms with van der Waals surface area (Å²) in [5, 5.41) is 0. The number of benzene rings is 1. The smallest absolute Gasteiger partial charge is 0 e. The van der Waals surface area contributed by atoms with Crippen LogP contribution in [0.5, 0.6) is 0 Å². The molecule has 2 radical (unpaired) electrons. The second kappa shape index (κ2) is 25.4. The van der Waals surface area contributed by atoms with Crippen LogP contribution in [-0.2, 0) is 12.8 Å². The Morgan fingerprint density at radius 2 is 0.645 bits per heavy atom. The largest absolute Gasteiger partial charge is 0.0654 e. The number of hydrogen-bond donors (Lipinski definition) is 0. The second-order valence-corrected chi connectivity index (χ2v) is 9.63. The van der Waals surface area contributed by atoms with Crippen molar-refractivity contribution in [3.8, 4) is 0 Å². The van der Waals surface area contributed by atoms with Gasteiger partial charge in [-0.1, -0.05) is 154 Å². The predicted molar refractivity (Wildman–Crippen MR) is 143 cm³/mol. The first-order valence-electron chi connectivity index (χ1n) is 13.9. The van der Waals surface area contributed by atoms with E-state index in [1.165, 1.54) is 141 Å². The van der Waals surface area contributed by atoms with Crippen molar-refractivity contribution in [2.24, 2.45) is 0 Å². The van der Waals surface area contributed by atoms with E-state index in [0.29, 0.717) is 0 Å². The Morgan fingerprint density at radius 1 is 0.387 bits per heavy atom. The van der Waals surface area contributed by atoms with Gasteiger partial charge in [0, 0.05) is 48.9 Å². The van der Waals surface area contributed by atoms with E-state index in [1.54, 1.807) is 11.1 Å². The Kier molecular flexibility index (Phi) is 26.1. The third-order valence-electron chi connectivity index (χ3n) is 6.72. The van der Waals surface area contributed by atoms with Crippen molar-refractivity contribution >= 4 is 48.9 Å². The van der Waals surface area contributed by atoms with Gasteiger partial charge in [-0.15, -0.1) is 0 Å². The molecule has 0 heterocycles. The van der Waals surface area contributed by atoms with Gasteiger partial charge in [0.1, 0.15) is 0 Å². The second-order valence-electron chi connectivity index (χ2n) is 9.63. The summed E-state index contributed by atoms with van der Waals surface area (Å²) in [7, 11) is 0. The molecular formula is C30H54Ba. The Morgan fingerprint density at radius 3 is 0.935 bits per heavy atom. The quantitative estimate of drug-likeness (QED) is 0.0993. The monoisotopic (exact) mass is 552 g/mol. The van der Waals surface area contributed by atoms with Crippen LogP contribution in [0.3, 0.4) is 0 Å². The minimum absolute atomic E-state index is 0. The van der Waals surface area contributed by atoms with Crippen LogP contribution in [0, 0.1) is 0 Å². The zero-order valence-corrected chi connectivity index (χ0v) is 26.0. The van der Waals surface area contributed by atoms with E-state index in [0.717, 1.165) is 0 Å². The van der Waals surface area contributed by atoms with E-state index in [4.69, 9.17) is 0 Å². The summed E-state index contributed by atoms with van der Waals surface area (Å²) < 4.78 is 0. The summed E-state index contributed by atoms with van der Waals surface area (Å²) in [5.41, 5.74) is 3.26. The van der Waals surface area contributed by atoms with E-state index in [2.05, 4.69) is 38.1 Å². The number of rotatable bonds is 22. The normalized spacial score (nSPS) is 10.9. The van der Waals surface area contributed by atoms with Gasteiger partial charge in [-0.3, -0.25) is 0 Å².